The summed E-state index contributed by atoms with van der Waals surface area (Å²) in [5.74, 6) is -0.453. The predicted molar refractivity (Wildman–Crippen MR) is 65.1 cm³/mol. The first kappa shape index (κ1) is 11.3. The Bertz CT molecular complexity index is 559. The van der Waals surface area contributed by atoms with Gasteiger partial charge in [0.1, 0.15) is 0 Å². The van der Waals surface area contributed by atoms with Crippen LogP contribution in [-0.2, 0) is 13.6 Å². The zero-order valence-electron chi connectivity index (χ0n) is 9.55. The van der Waals surface area contributed by atoms with E-state index in [4.69, 9.17) is 11.5 Å². The van der Waals surface area contributed by atoms with E-state index in [2.05, 4.69) is 5.10 Å². The van der Waals surface area contributed by atoms with Crippen molar-refractivity contribution in [3.05, 3.63) is 41.7 Å². The number of hydrogen-bond donors (Lipinski definition) is 2. The van der Waals surface area contributed by atoms with Crippen LogP contribution in [0.4, 0.5) is 0 Å². The summed E-state index contributed by atoms with van der Waals surface area (Å²) < 4.78 is 1.70. The molecule has 1 aromatic heterocycles. The molecule has 17 heavy (non-hydrogen) atoms. The Kier molecular flexibility index (Phi) is 2.93. The first-order chi connectivity index (χ1) is 8.10. The summed E-state index contributed by atoms with van der Waals surface area (Å²) in [6.45, 7) is 0.369. The molecule has 2 aromatic rings. The molecule has 0 radical (unpaired) electrons. The van der Waals surface area contributed by atoms with Gasteiger partial charge in [0.2, 0.25) is 5.91 Å². The molecule has 0 unspecified atom stereocenters. The van der Waals surface area contributed by atoms with Crippen LogP contribution in [0.5, 0.6) is 0 Å². The van der Waals surface area contributed by atoms with Crippen LogP contribution in [0, 0.1) is 0 Å². The summed E-state index contributed by atoms with van der Waals surface area (Å²) in [5, 5.41) is 4.09. The third-order valence-corrected chi connectivity index (χ3v) is 2.55. The standard InChI is InChI=1S/C12H14N4O/c1-16-7-11(6-15-16)9-2-8(5-13)3-10(4-9)12(14)17/h2-4,6-7H,5,13H2,1H3,(H2,14,17). The van der Waals surface area contributed by atoms with Gasteiger partial charge in [0.15, 0.2) is 0 Å². The Morgan fingerprint density at radius 1 is 1.35 bits per heavy atom. The van der Waals surface area contributed by atoms with E-state index in [-0.39, 0.29) is 0 Å². The second-order valence-corrected chi connectivity index (χ2v) is 3.89. The Balaban J connectivity index is 2.53. The molecule has 0 aliphatic rings. The van der Waals surface area contributed by atoms with Crippen LogP contribution in [0.3, 0.4) is 0 Å². The van der Waals surface area contributed by atoms with Crippen LogP contribution in [0.1, 0.15) is 15.9 Å². The van der Waals surface area contributed by atoms with Crippen LogP contribution >= 0.6 is 0 Å². The summed E-state index contributed by atoms with van der Waals surface area (Å²) in [6, 6.07) is 5.39. The van der Waals surface area contributed by atoms with Gasteiger partial charge in [-0.1, -0.05) is 0 Å². The van der Waals surface area contributed by atoms with E-state index in [1.54, 1.807) is 23.0 Å². The molecule has 0 bridgehead atoms. The van der Waals surface area contributed by atoms with Crippen molar-refractivity contribution in [3.63, 3.8) is 0 Å². The number of carbonyl (C=O) groups excluding carboxylic acids is 1. The highest BCUT2D eigenvalue weighted by Crippen LogP contribution is 2.21. The Hall–Kier alpha value is -2.14. The number of benzene rings is 1. The van der Waals surface area contributed by atoms with Crippen molar-refractivity contribution < 1.29 is 4.79 Å². The summed E-state index contributed by atoms with van der Waals surface area (Å²) in [5.41, 5.74) is 14.1. The molecule has 2 rings (SSSR count). The number of nitrogens with two attached hydrogens (primary N) is 2. The van der Waals surface area contributed by atoms with E-state index < -0.39 is 5.91 Å². The summed E-state index contributed by atoms with van der Waals surface area (Å²) in [4.78, 5) is 11.2. The van der Waals surface area contributed by atoms with Gasteiger partial charge in [-0.15, -0.1) is 0 Å². The summed E-state index contributed by atoms with van der Waals surface area (Å²) in [6.07, 6.45) is 3.61. The van der Waals surface area contributed by atoms with Gasteiger partial charge in [-0.05, 0) is 29.3 Å². The average Bonchev–Trinajstić information content (AvgIpc) is 2.75. The highest BCUT2D eigenvalue weighted by atomic mass is 16.1. The smallest absolute Gasteiger partial charge is 0.248 e. The lowest BCUT2D eigenvalue weighted by Gasteiger charge is -2.05. The van der Waals surface area contributed by atoms with Gasteiger partial charge in [-0.3, -0.25) is 9.48 Å². The maximum absolute atomic E-state index is 11.2. The van der Waals surface area contributed by atoms with Gasteiger partial charge in [-0.25, -0.2) is 0 Å². The van der Waals surface area contributed by atoms with E-state index in [1.807, 2.05) is 19.3 Å². The van der Waals surface area contributed by atoms with Gasteiger partial charge in [0.05, 0.1) is 6.20 Å². The molecule has 0 saturated carbocycles. The molecule has 4 N–H and O–H groups in total. The highest BCUT2D eigenvalue weighted by Gasteiger charge is 2.07. The number of carbonyl (C=O) groups is 1. The number of primary amides is 1. The molecule has 0 aliphatic heterocycles. The maximum atomic E-state index is 11.2. The molecule has 0 atom stereocenters. The van der Waals surface area contributed by atoms with Gasteiger partial charge in [0, 0.05) is 30.9 Å². The number of aromatic nitrogens is 2. The molecule has 0 fully saturated rings. The maximum Gasteiger partial charge on any atom is 0.248 e. The van der Waals surface area contributed by atoms with E-state index in [9.17, 15) is 4.79 Å². The van der Waals surface area contributed by atoms with E-state index in [0.717, 1.165) is 16.7 Å². The highest BCUT2D eigenvalue weighted by molar-refractivity contribution is 5.94. The topological polar surface area (TPSA) is 86.9 Å². The normalized spacial score (nSPS) is 10.5. The second-order valence-electron chi connectivity index (χ2n) is 3.89. The number of rotatable bonds is 3. The first-order valence-corrected chi connectivity index (χ1v) is 5.23. The molecule has 5 heteroatoms. The molecular weight excluding hydrogens is 216 g/mol. The van der Waals surface area contributed by atoms with Gasteiger partial charge >= 0.3 is 0 Å². The van der Waals surface area contributed by atoms with Crippen molar-refractivity contribution in [2.45, 2.75) is 6.54 Å². The zero-order chi connectivity index (χ0) is 12.4. The quantitative estimate of drug-likeness (QED) is 0.811. The fraction of sp³-hybridized carbons (Fsp3) is 0.167. The van der Waals surface area contributed by atoms with Crippen LogP contribution in [0.2, 0.25) is 0 Å². The fourth-order valence-electron chi connectivity index (χ4n) is 1.69. The Morgan fingerprint density at radius 2 is 2.12 bits per heavy atom. The van der Waals surface area contributed by atoms with Crippen molar-refractivity contribution in [1.82, 2.24) is 9.78 Å². The lowest BCUT2D eigenvalue weighted by Crippen LogP contribution is -2.12. The lowest BCUT2D eigenvalue weighted by atomic mass is 10.0. The predicted octanol–water partition coefficient (Wildman–Crippen LogP) is 0.645. The van der Waals surface area contributed by atoms with Gasteiger partial charge in [-0.2, -0.15) is 5.10 Å². The van der Waals surface area contributed by atoms with Gasteiger partial charge in [0.25, 0.3) is 0 Å². The Labute approximate surface area is 99.0 Å². The van der Waals surface area contributed by atoms with Crippen LogP contribution < -0.4 is 11.5 Å². The second kappa shape index (κ2) is 4.39. The molecule has 1 heterocycles. The molecule has 0 spiro atoms. The SMILES string of the molecule is Cn1cc(-c2cc(CN)cc(C(N)=O)c2)cn1. The zero-order valence-corrected chi connectivity index (χ0v) is 9.55. The molecule has 5 nitrogen and oxygen atoms in total. The molecule has 0 aliphatic carbocycles. The lowest BCUT2D eigenvalue weighted by molar-refractivity contribution is 0.1000. The van der Waals surface area contributed by atoms with Crippen LogP contribution in [0.15, 0.2) is 30.6 Å². The summed E-state index contributed by atoms with van der Waals surface area (Å²) in [7, 11) is 1.84. The molecule has 88 valence electrons. The third-order valence-electron chi connectivity index (χ3n) is 2.55. The third kappa shape index (κ3) is 2.34. The molecule has 1 aromatic carbocycles. The van der Waals surface area contributed by atoms with Crippen molar-refractivity contribution >= 4 is 5.91 Å². The molecule has 1 amide bonds. The number of amides is 1. The molecular formula is C12H14N4O. The minimum absolute atomic E-state index is 0.369. The van der Waals surface area contributed by atoms with Crippen molar-refractivity contribution in [1.29, 1.82) is 0 Å². The monoisotopic (exact) mass is 230 g/mol. The van der Waals surface area contributed by atoms with Crippen LogP contribution in [-0.4, -0.2) is 15.7 Å². The van der Waals surface area contributed by atoms with E-state index in [1.165, 1.54) is 0 Å². The Morgan fingerprint density at radius 3 is 2.65 bits per heavy atom. The first-order valence-electron chi connectivity index (χ1n) is 5.23. The fourth-order valence-corrected chi connectivity index (χ4v) is 1.69. The average molecular weight is 230 g/mol. The summed E-state index contributed by atoms with van der Waals surface area (Å²) >= 11 is 0. The van der Waals surface area contributed by atoms with Crippen LogP contribution in [0.25, 0.3) is 11.1 Å². The largest absolute Gasteiger partial charge is 0.366 e. The number of aryl methyl sites for hydroxylation is 1. The number of nitrogens with zero attached hydrogens (tertiary/aromatic N) is 2. The van der Waals surface area contributed by atoms with E-state index >= 15 is 0 Å². The minimum Gasteiger partial charge on any atom is -0.366 e. The number of hydrogen-bond acceptors (Lipinski definition) is 3. The van der Waals surface area contributed by atoms with Gasteiger partial charge < -0.3 is 11.5 Å². The van der Waals surface area contributed by atoms with Crippen molar-refractivity contribution in [2.24, 2.45) is 18.5 Å². The molecule has 0 saturated heterocycles. The van der Waals surface area contributed by atoms with Crippen molar-refractivity contribution in [2.75, 3.05) is 0 Å². The van der Waals surface area contributed by atoms with Crippen molar-refractivity contribution in [3.8, 4) is 11.1 Å². The minimum atomic E-state index is -0.453. The van der Waals surface area contributed by atoms with E-state index in [0.29, 0.717) is 12.1 Å².